The van der Waals surface area contributed by atoms with E-state index in [4.69, 9.17) is 0 Å². The van der Waals surface area contributed by atoms with Crippen LogP contribution in [-0.4, -0.2) is 27.7 Å². The number of amides is 1. The minimum Gasteiger partial charge on any atom is -0.353 e. The third-order valence-electron chi connectivity index (χ3n) is 3.20. The molecule has 0 radical (unpaired) electrons. The molecule has 0 spiro atoms. The molecule has 1 amide bonds. The summed E-state index contributed by atoms with van der Waals surface area (Å²) in [5.41, 5.74) is 1.21. The molecule has 0 bridgehead atoms. The zero-order valence-corrected chi connectivity index (χ0v) is 15.2. The fourth-order valence-electron chi connectivity index (χ4n) is 1.82. The molecule has 23 heavy (non-hydrogen) atoms. The van der Waals surface area contributed by atoms with Gasteiger partial charge in [0.15, 0.2) is 0 Å². The quantitative estimate of drug-likeness (QED) is 0.769. The van der Waals surface area contributed by atoms with Crippen LogP contribution in [0.15, 0.2) is 51.6 Å². The van der Waals surface area contributed by atoms with Crippen LogP contribution in [0.4, 0.5) is 0 Å². The predicted molar refractivity (Wildman–Crippen MR) is 96.0 cm³/mol. The lowest BCUT2D eigenvalue weighted by molar-refractivity contribution is -0.119. The molecule has 1 N–H and O–H groups in total. The summed E-state index contributed by atoms with van der Waals surface area (Å²) in [6.45, 7) is 6.12. The molecule has 122 valence electrons. The molecular weight excluding hydrogens is 326 g/mol. The van der Waals surface area contributed by atoms with Crippen molar-refractivity contribution in [2.24, 2.45) is 0 Å². The van der Waals surface area contributed by atoms with Crippen molar-refractivity contribution in [3.05, 3.63) is 42.2 Å². The first kappa shape index (κ1) is 17.8. The van der Waals surface area contributed by atoms with Crippen molar-refractivity contribution in [2.45, 2.75) is 48.2 Å². The maximum atomic E-state index is 11.9. The Hall–Kier alpha value is -1.53. The van der Waals surface area contributed by atoms with E-state index in [1.54, 1.807) is 24.2 Å². The number of thioether (sulfide) groups is 1. The molecule has 0 aliphatic carbocycles. The second-order valence-corrected chi connectivity index (χ2v) is 7.28. The standard InChI is InChI=1S/C17H21N3OS2/c1-4-13(3)20-15(21)11-22-16-17(19-9-8-18-16)23-14-7-5-6-12(2)10-14/h5-10,13H,4,11H2,1-3H3,(H,20,21)/t13-/m1/s1. The van der Waals surface area contributed by atoms with Gasteiger partial charge in [0.05, 0.1) is 5.75 Å². The van der Waals surface area contributed by atoms with Crippen LogP contribution in [0, 0.1) is 6.92 Å². The molecule has 1 aromatic heterocycles. The average molecular weight is 348 g/mol. The number of carbonyl (C=O) groups is 1. The van der Waals surface area contributed by atoms with Gasteiger partial charge in [-0.25, -0.2) is 9.97 Å². The summed E-state index contributed by atoms with van der Waals surface area (Å²) in [7, 11) is 0. The first-order valence-corrected chi connectivity index (χ1v) is 9.36. The molecule has 0 saturated heterocycles. The van der Waals surface area contributed by atoms with Crippen LogP contribution in [0.3, 0.4) is 0 Å². The van der Waals surface area contributed by atoms with Crippen molar-refractivity contribution in [2.75, 3.05) is 5.75 Å². The fraction of sp³-hybridized carbons (Fsp3) is 0.353. The second kappa shape index (κ2) is 8.93. The van der Waals surface area contributed by atoms with Gasteiger partial charge in [-0.15, -0.1) is 0 Å². The van der Waals surface area contributed by atoms with Crippen LogP contribution >= 0.6 is 23.5 Å². The summed E-state index contributed by atoms with van der Waals surface area (Å²) in [4.78, 5) is 21.8. The second-order valence-electron chi connectivity index (χ2n) is 5.25. The average Bonchev–Trinajstić information content (AvgIpc) is 2.54. The van der Waals surface area contributed by atoms with E-state index >= 15 is 0 Å². The van der Waals surface area contributed by atoms with Gasteiger partial charge in [0.1, 0.15) is 10.1 Å². The van der Waals surface area contributed by atoms with Crippen molar-refractivity contribution >= 4 is 29.4 Å². The summed E-state index contributed by atoms with van der Waals surface area (Å²) in [6, 6.07) is 8.46. The Morgan fingerprint density at radius 2 is 2.00 bits per heavy atom. The Morgan fingerprint density at radius 1 is 1.26 bits per heavy atom. The molecule has 6 heteroatoms. The lowest BCUT2D eigenvalue weighted by Crippen LogP contribution is -2.33. The first-order valence-electron chi connectivity index (χ1n) is 7.56. The summed E-state index contributed by atoms with van der Waals surface area (Å²) < 4.78 is 0. The van der Waals surface area contributed by atoms with Gasteiger partial charge in [-0.2, -0.15) is 0 Å². The van der Waals surface area contributed by atoms with E-state index in [1.165, 1.54) is 17.3 Å². The molecule has 1 atom stereocenters. The highest BCUT2D eigenvalue weighted by Gasteiger charge is 2.11. The zero-order chi connectivity index (χ0) is 16.7. The summed E-state index contributed by atoms with van der Waals surface area (Å²) in [5.74, 6) is 0.381. The van der Waals surface area contributed by atoms with Crippen molar-refractivity contribution in [3.63, 3.8) is 0 Å². The Morgan fingerprint density at radius 3 is 2.70 bits per heavy atom. The first-order chi connectivity index (χ1) is 11.1. The van der Waals surface area contributed by atoms with Gasteiger partial charge in [-0.05, 0) is 32.4 Å². The molecule has 0 aliphatic heterocycles. The van der Waals surface area contributed by atoms with E-state index in [0.29, 0.717) is 5.75 Å². The number of carbonyl (C=O) groups excluding carboxylic acids is 1. The molecule has 0 unspecified atom stereocenters. The topological polar surface area (TPSA) is 54.9 Å². The van der Waals surface area contributed by atoms with Crippen LogP contribution in [0.2, 0.25) is 0 Å². The van der Waals surface area contributed by atoms with Crippen LogP contribution in [0.25, 0.3) is 0 Å². The van der Waals surface area contributed by atoms with Crippen LogP contribution in [-0.2, 0) is 4.79 Å². The Kier molecular flexibility index (Phi) is 6.92. The maximum absolute atomic E-state index is 11.9. The van der Waals surface area contributed by atoms with Crippen molar-refractivity contribution < 1.29 is 4.79 Å². The summed E-state index contributed by atoms with van der Waals surface area (Å²) >= 11 is 3.00. The highest BCUT2D eigenvalue weighted by atomic mass is 32.2. The molecule has 0 saturated carbocycles. The third-order valence-corrected chi connectivity index (χ3v) is 5.29. The van der Waals surface area contributed by atoms with Gasteiger partial charge in [-0.1, -0.05) is 48.1 Å². The lowest BCUT2D eigenvalue weighted by atomic mass is 10.2. The number of aryl methyl sites for hydroxylation is 1. The predicted octanol–water partition coefficient (Wildman–Crippen LogP) is 3.94. The summed E-state index contributed by atoms with van der Waals surface area (Å²) in [6.07, 6.45) is 4.27. The van der Waals surface area contributed by atoms with E-state index in [0.717, 1.165) is 21.4 Å². The van der Waals surface area contributed by atoms with Crippen molar-refractivity contribution in [1.29, 1.82) is 0 Å². The number of rotatable bonds is 7. The van der Waals surface area contributed by atoms with Gasteiger partial charge in [0, 0.05) is 23.3 Å². The SMILES string of the molecule is CC[C@@H](C)NC(=O)CSc1nccnc1Sc1cccc(C)c1. The van der Waals surface area contributed by atoms with E-state index < -0.39 is 0 Å². The molecular formula is C17H21N3OS2. The fourth-order valence-corrected chi connectivity index (χ4v) is 3.66. The number of aromatic nitrogens is 2. The maximum Gasteiger partial charge on any atom is 0.230 e. The van der Waals surface area contributed by atoms with Gasteiger partial charge < -0.3 is 5.32 Å². The monoisotopic (exact) mass is 347 g/mol. The molecule has 0 fully saturated rings. The van der Waals surface area contributed by atoms with E-state index in [-0.39, 0.29) is 11.9 Å². The highest BCUT2D eigenvalue weighted by molar-refractivity contribution is 8.02. The smallest absolute Gasteiger partial charge is 0.230 e. The molecule has 1 heterocycles. The number of benzene rings is 1. The Labute approximate surface area is 145 Å². The van der Waals surface area contributed by atoms with Crippen LogP contribution < -0.4 is 5.32 Å². The number of nitrogens with one attached hydrogen (secondary N) is 1. The number of hydrogen-bond acceptors (Lipinski definition) is 5. The third kappa shape index (κ3) is 5.88. The van der Waals surface area contributed by atoms with Crippen molar-refractivity contribution in [1.82, 2.24) is 15.3 Å². The Balaban J connectivity index is 2.01. The lowest BCUT2D eigenvalue weighted by Gasteiger charge is -2.11. The molecule has 0 aliphatic rings. The normalized spacial score (nSPS) is 12.0. The minimum atomic E-state index is 0.0292. The highest BCUT2D eigenvalue weighted by Crippen LogP contribution is 2.32. The van der Waals surface area contributed by atoms with Gasteiger partial charge >= 0.3 is 0 Å². The van der Waals surface area contributed by atoms with E-state index in [2.05, 4.69) is 47.3 Å². The van der Waals surface area contributed by atoms with E-state index in [1.807, 2.05) is 13.0 Å². The number of hydrogen-bond donors (Lipinski definition) is 1. The van der Waals surface area contributed by atoms with E-state index in [9.17, 15) is 4.79 Å². The zero-order valence-electron chi connectivity index (χ0n) is 13.6. The van der Waals surface area contributed by atoms with Crippen molar-refractivity contribution in [3.8, 4) is 0 Å². The Bertz CT molecular complexity index is 664. The molecule has 2 aromatic rings. The number of nitrogens with zero attached hydrogens (tertiary/aromatic N) is 2. The van der Waals surface area contributed by atoms with Crippen LogP contribution in [0.1, 0.15) is 25.8 Å². The molecule has 1 aromatic carbocycles. The molecule has 2 rings (SSSR count). The van der Waals surface area contributed by atoms with Crippen LogP contribution in [0.5, 0.6) is 0 Å². The summed E-state index contributed by atoms with van der Waals surface area (Å²) in [5, 5.41) is 4.58. The largest absolute Gasteiger partial charge is 0.353 e. The van der Waals surface area contributed by atoms with Gasteiger partial charge in [0.25, 0.3) is 0 Å². The molecule has 4 nitrogen and oxygen atoms in total. The van der Waals surface area contributed by atoms with Gasteiger partial charge in [-0.3, -0.25) is 4.79 Å². The van der Waals surface area contributed by atoms with Gasteiger partial charge in [0.2, 0.25) is 5.91 Å². The minimum absolute atomic E-state index is 0.0292.